The van der Waals surface area contributed by atoms with Crippen molar-refractivity contribution in [1.82, 2.24) is 9.97 Å². The van der Waals surface area contributed by atoms with Gasteiger partial charge in [-0.3, -0.25) is 14.8 Å². The van der Waals surface area contributed by atoms with E-state index in [9.17, 15) is 4.79 Å². The zero-order valence-corrected chi connectivity index (χ0v) is 19.0. The maximum Gasteiger partial charge on any atom is 0.188 e. The van der Waals surface area contributed by atoms with Gasteiger partial charge in [-0.25, -0.2) is 0 Å². The van der Waals surface area contributed by atoms with E-state index in [1.807, 2.05) is 91.9 Å². The summed E-state index contributed by atoms with van der Waals surface area (Å²) in [5, 5.41) is 1.99. The number of aryl methyl sites for hydroxylation is 1. The number of pyridine rings is 2. The average Bonchev–Trinajstić information content (AvgIpc) is 2.82. The van der Waals surface area contributed by atoms with Gasteiger partial charge in [0.25, 0.3) is 0 Å². The van der Waals surface area contributed by atoms with E-state index in [-0.39, 0.29) is 5.78 Å². The lowest BCUT2D eigenvalue weighted by atomic mass is 9.92. The molecule has 0 unspecified atom stereocenters. The van der Waals surface area contributed by atoms with Gasteiger partial charge in [-0.2, -0.15) is 0 Å². The maximum absolute atomic E-state index is 13.5. The zero-order chi connectivity index (χ0) is 22.1. The number of fused-ring (bicyclic) bond motifs is 2. The lowest BCUT2D eigenvalue weighted by Crippen LogP contribution is -2.05. The van der Waals surface area contributed by atoms with Crippen LogP contribution in [0.2, 0.25) is 0 Å². The number of rotatable bonds is 4. The molecule has 0 saturated carbocycles. The second kappa shape index (κ2) is 8.48. The molecule has 0 aliphatic rings. The Morgan fingerprint density at radius 2 is 1.72 bits per heavy atom. The van der Waals surface area contributed by atoms with Gasteiger partial charge in [-0.1, -0.05) is 64.5 Å². The molecule has 3 nitrogen and oxygen atoms in total. The summed E-state index contributed by atoms with van der Waals surface area (Å²) >= 11 is 3.57. The van der Waals surface area contributed by atoms with Crippen molar-refractivity contribution < 1.29 is 4.79 Å². The van der Waals surface area contributed by atoms with Crippen LogP contribution in [0.4, 0.5) is 0 Å². The highest BCUT2D eigenvalue weighted by atomic mass is 79.9. The summed E-state index contributed by atoms with van der Waals surface area (Å²) in [7, 11) is 0. The highest BCUT2D eigenvalue weighted by Crippen LogP contribution is 2.35. The van der Waals surface area contributed by atoms with E-state index in [0.717, 1.165) is 48.7 Å². The van der Waals surface area contributed by atoms with Gasteiger partial charge in [0.2, 0.25) is 0 Å². The number of carbonyl (C=O) groups excluding carboxylic acids is 1. The van der Waals surface area contributed by atoms with E-state index in [4.69, 9.17) is 4.98 Å². The predicted molar refractivity (Wildman–Crippen MR) is 135 cm³/mol. The first-order valence-corrected chi connectivity index (χ1v) is 11.1. The fourth-order valence-electron chi connectivity index (χ4n) is 4.02. The summed E-state index contributed by atoms with van der Waals surface area (Å²) in [6.07, 6.45) is 5.27. The number of aromatic nitrogens is 2. The number of nitrogens with zero attached hydrogens (tertiary/aromatic N) is 2. The van der Waals surface area contributed by atoms with Gasteiger partial charge in [0.15, 0.2) is 5.78 Å². The van der Waals surface area contributed by atoms with Crippen LogP contribution in [0.3, 0.4) is 0 Å². The average molecular weight is 479 g/mol. The predicted octanol–water partition coefficient (Wildman–Crippen LogP) is 7.42. The van der Waals surface area contributed by atoms with Crippen molar-refractivity contribution in [2.45, 2.75) is 6.92 Å². The number of benzene rings is 3. The Balaban J connectivity index is 1.64. The molecule has 0 bridgehead atoms. The van der Waals surface area contributed by atoms with Crippen LogP contribution in [0.25, 0.3) is 39.0 Å². The Kier molecular flexibility index (Phi) is 5.38. The van der Waals surface area contributed by atoms with Crippen LogP contribution >= 0.6 is 15.9 Å². The summed E-state index contributed by atoms with van der Waals surface area (Å²) in [5.41, 5.74) is 6.00. The molecule has 154 valence electrons. The molecule has 0 spiro atoms. The van der Waals surface area contributed by atoms with Crippen molar-refractivity contribution in [2.75, 3.05) is 0 Å². The Hall–Kier alpha value is -3.63. The minimum Gasteiger partial charge on any atom is -0.289 e. The summed E-state index contributed by atoms with van der Waals surface area (Å²) in [5.74, 6) is -0.0676. The fraction of sp³-hybridized carbons (Fsp3) is 0.0357. The zero-order valence-electron chi connectivity index (χ0n) is 17.4. The van der Waals surface area contributed by atoms with Crippen molar-refractivity contribution >= 4 is 49.6 Å². The minimum atomic E-state index is -0.0676. The van der Waals surface area contributed by atoms with Gasteiger partial charge < -0.3 is 0 Å². The van der Waals surface area contributed by atoms with E-state index in [1.165, 1.54) is 0 Å². The summed E-state index contributed by atoms with van der Waals surface area (Å²) < 4.78 is 0.951. The van der Waals surface area contributed by atoms with Crippen molar-refractivity contribution in [1.29, 1.82) is 0 Å². The number of hydrogen-bond acceptors (Lipinski definition) is 3. The molecule has 3 aromatic carbocycles. The summed E-state index contributed by atoms with van der Waals surface area (Å²) in [6, 6.07) is 25.9. The molecule has 2 heterocycles. The minimum absolute atomic E-state index is 0.0676. The number of ketones is 1. The summed E-state index contributed by atoms with van der Waals surface area (Å²) in [6.45, 7) is 1.90. The van der Waals surface area contributed by atoms with E-state index >= 15 is 0 Å². The Morgan fingerprint density at radius 3 is 2.56 bits per heavy atom. The number of halogens is 1. The Labute approximate surface area is 194 Å². The molecule has 2 aromatic heterocycles. The standard InChI is InChI=1S/C28H19BrN2O/c1-18-27(26(32)14-10-19-9-12-24-21(16-19)8-5-15-30-24)28(20-6-3-2-4-7-20)23-17-22(29)11-13-25(23)31-18/h2-17H,1H3/b14-10+. The third-order valence-electron chi connectivity index (χ3n) is 5.49. The van der Waals surface area contributed by atoms with Crippen molar-refractivity contribution in [3.05, 3.63) is 112 Å². The van der Waals surface area contributed by atoms with E-state index < -0.39 is 0 Å². The molecule has 0 aliphatic heterocycles. The van der Waals surface area contributed by atoms with Crippen LogP contribution in [0.1, 0.15) is 21.6 Å². The summed E-state index contributed by atoms with van der Waals surface area (Å²) in [4.78, 5) is 22.6. The molecule has 0 radical (unpaired) electrons. The van der Waals surface area contributed by atoms with Gasteiger partial charge in [0, 0.05) is 32.7 Å². The van der Waals surface area contributed by atoms with Crippen molar-refractivity contribution in [2.24, 2.45) is 0 Å². The molecule has 0 saturated heterocycles. The van der Waals surface area contributed by atoms with Crippen LogP contribution in [-0.2, 0) is 0 Å². The molecule has 5 rings (SSSR count). The molecule has 32 heavy (non-hydrogen) atoms. The number of allylic oxidation sites excluding steroid dienone is 1. The van der Waals surface area contributed by atoms with Gasteiger partial charge >= 0.3 is 0 Å². The third-order valence-corrected chi connectivity index (χ3v) is 5.98. The van der Waals surface area contributed by atoms with Gasteiger partial charge in [0.1, 0.15) is 0 Å². The monoisotopic (exact) mass is 478 g/mol. The van der Waals surface area contributed by atoms with Gasteiger partial charge in [-0.05, 0) is 60.5 Å². The first-order chi connectivity index (χ1) is 15.6. The van der Waals surface area contributed by atoms with Crippen LogP contribution in [0, 0.1) is 6.92 Å². The first kappa shape index (κ1) is 20.3. The first-order valence-electron chi connectivity index (χ1n) is 10.3. The van der Waals surface area contributed by atoms with Crippen LogP contribution in [-0.4, -0.2) is 15.8 Å². The van der Waals surface area contributed by atoms with Gasteiger partial charge in [-0.15, -0.1) is 0 Å². The number of carbonyl (C=O) groups is 1. The molecular formula is C28H19BrN2O. The van der Waals surface area contributed by atoms with E-state index in [2.05, 4.69) is 20.9 Å². The second-order valence-electron chi connectivity index (χ2n) is 7.63. The van der Waals surface area contributed by atoms with Crippen LogP contribution in [0.15, 0.2) is 95.6 Å². The maximum atomic E-state index is 13.5. The molecule has 0 atom stereocenters. The van der Waals surface area contributed by atoms with Crippen molar-refractivity contribution in [3.63, 3.8) is 0 Å². The molecular weight excluding hydrogens is 460 g/mol. The highest BCUT2D eigenvalue weighted by molar-refractivity contribution is 9.10. The quantitative estimate of drug-likeness (QED) is 0.199. The third kappa shape index (κ3) is 3.85. The lowest BCUT2D eigenvalue weighted by molar-refractivity contribution is 0.104. The SMILES string of the molecule is Cc1nc2ccc(Br)cc2c(-c2ccccc2)c1C(=O)/C=C/c1ccc2ncccc2c1. The van der Waals surface area contributed by atoms with Crippen LogP contribution in [0.5, 0.6) is 0 Å². The fourth-order valence-corrected chi connectivity index (χ4v) is 4.38. The molecule has 0 aliphatic carbocycles. The molecule has 0 amide bonds. The molecule has 4 heteroatoms. The molecule has 5 aromatic rings. The topological polar surface area (TPSA) is 42.9 Å². The highest BCUT2D eigenvalue weighted by Gasteiger charge is 2.19. The molecule has 0 N–H and O–H groups in total. The Morgan fingerprint density at radius 1 is 0.906 bits per heavy atom. The van der Waals surface area contributed by atoms with E-state index in [1.54, 1.807) is 12.3 Å². The van der Waals surface area contributed by atoms with E-state index in [0.29, 0.717) is 5.56 Å². The molecule has 0 fully saturated rings. The second-order valence-corrected chi connectivity index (χ2v) is 8.54. The smallest absolute Gasteiger partial charge is 0.188 e. The van der Waals surface area contributed by atoms with Crippen molar-refractivity contribution in [3.8, 4) is 11.1 Å². The largest absolute Gasteiger partial charge is 0.289 e. The van der Waals surface area contributed by atoms with Crippen LogP contribution < -0.4 is 0 Å². The Bertz CT molecular complexity index is 1510. The van der Waals surface area contributed by atoms with Gasteiger partial charge in [0.05, 0.1) is 16.6 Å². The normalized spacial score (nSPS) is 11.4. The number of hydrogen-bond donors (Lipinski definition) is 0. The lowest BCUT2D eigenvalue weighted by Gasteiger charge is -2.14.